The van der Waals surface area contributed by atoms with E-state index in [1.165, 1.54) is 25.3 Å². The normalized spacial score (nSPS) is 11.7. The van der Waals surface area contributed by atoms with Gasteiger partial charge < -0.3 is 10.1 Å². The molecule has 2 rings (SSSR count). The predicted molar refractivity (Wildman–Crippen MR) is 89.2 cm³/mol. The second-order valence-corrected chi connectivity index (χ2v) is 5.65. The van der Waals surface area contributed by atoms with E-state index in [0.29, 0.717) is 5.69 Å². The number of hydrogen-bond donors (Lipinski definition) is 1. The molecule has 0 aliphatic rings. The number of rotatable bonds is 4. The van der Waals surface area contributed by atoms with Crippen molar-refractivity contribution in [2.75, 3.05) is 5.32 Å². The number of nitrogens with zero attached hydrogens (tertiary/aromatic N) is 1. The van der Waals surface area contributed by atoms with Crippen LogP contribution in [0.25, 0.3) is 0 Å². The van der Waals surface area contributed by atoms with Crippen LogP contribution in [0.15, 0.2) is 36.5 Å². The summed E-state index contributed by atoms with van der Waals surface area (Å²) in [6.45, 7) is 1.42. The topological polar surface area (TPSA) is 68.3 Å². The van der Waals surface area contributed by atoms with Crippen LogP contribution in [0.2, 0.25) is 15.2 Å². The number of ether oxygens (including phenoxy) is 1. The van der Waals surface area contributed by atoms with Crippen LogP contribution in [0.5, 0.6) is 0 Å². The maximum absolute atomic E-state index is 12.1. The first kappa shape index (κ1) is 17.5. The Hall–Kier alpha value is -1.82. The predicted octanol–water partition coefficient (Wildman–Crippen LogP) is 4.23. The quantitative estimate of drug-likeness (QED) is 0.643. The highest BCUT2D eigenvalue weighted by Gasteiger charge is 2.23. The third-order valence-electron chi connectivity index (χ3n) is 2.84. The van der Waals surface area contributed by atoms with Gasteiger partial charge in [-0.05, 0) is 31.2 Å². The molecule has 1 heterocycles. The second kappa shape index (κ2) is 7.64. The van der Waals surface area contributed by atoms with Crippen LogP contribution in [0.3, 0.4) is 0 Å². The Morgan fingerprint density at radius 3 is 2.39 bits per heavy atom. The lowest BCUT2D eigenvalue weighted by Crippen LogP contribution is -2.30. The van der Waals surface area contributed by atoms with E-state index < -0.39 is 18.0 Å². The van der Waals surface area contributed by atoms with Crippen molar-refractivity contribution >= 4 is 52.4 Å². The van der Waals surface area contributed by atoms with Crippen molar-refractivity contribution in [2.45, 2.75) is 13.0 Å². The maximum atomic E-state index is 12.1. The molecular formula is C15H11Cl3N2O3. The first-order valence-corrected chi connectivity index (χ1v) is 7.60. The number of pyridine rings is 1. The molecule has 0 fully saturated rings. The van der Waals surface area contributed by atoms with Gasteiger partial charge in [0, 0.05) is 6.20 Å². The van der Waals surface area contributed by atoms with Gasteiger partial charge in [-0.25, -0.2) is 9.78 Å². The molecule has 0 bridgehead atoms. The summed E-state index contributed by atoms with van der Waals surface area (Å²) in [7, 11) is 0. The van der Waals surface area contributed by atoms with E-state index in [0.717, 1.165) is 0 Å². The van der Waals surface area contributed by atoms with Gasteiger partial charge in [0.2, 0.25) is 0 Å². The van der Waals surface area contributed by atoms with Crippen LogP contribution < -0.4 is 5.32 Å². The zero-order valence-electron chi connectivity index (χ0n) is 11.8. The first-order valence-electron chi connectivity index (χ1n) is 6.46. The monoisotopic (exact) mass is 372 g/mol. The standard InChI is InChI=1S/C15H11Cl3N2O3/c1-8(14(21)20-11-6-3-7-19-13(11)18)23-15(22)12-9(16)4-2-5-10(12)17/h2-8H,1H3,(H,20,21). The van der Waals surface area contributed by atoms with Crippen LogP contribution in [-0.2, 0) is 9.53 Å². The molecule has 0 saturated carbocycles. The Morgan fingerprint density at radius 1 is 1.13 bits per heavy atom. The average molecular weight is 374 g/mol. The molecule has 1 aromatic carbocycles. The molecule has 0 spiro atoms. The lowest BCUT2D eigenvalue weighted by molar-refractivity contribution is -0.123. The fourth-order valence-electron chi connectivity index (χ4n) is 1.68. The maximum Gasteiger partial charge on any atom is 0.341 e. The third kappa shape index (κ3) is 4.34. The van der Waals surface area contributed by atoms with E-state index in [-0.39, 0.29) is 20.8 Å². The van der Waals surface area contributed by atoms with E-state index in [9.17, 15) is 9.59 Å². The Bertz CT molecular complexity index is 732. The molecule has 2 aromatic rings. The number of aromatic nitrogens is 1. The van der Waals surface area contributed by atoms with Crippen molar-refractivity contribution in [1.29, 1.82) is 0 Å². The SMILES string of the molecule is CC(OC(=O)c1c(Cl)cccc1Cl)C(=O)Nc1cccnc1Cl. The van der Waals surface area contributed by atoms with Crippen LogP contribution in [0.4, 0.5) is 5.69 Å². The summed E-state index contributed by atoms with van der Waals surface area (Å²) in [6.07, 6.45) is 0.409. The van der Waals surface area contributed by atoms with Crippen molar-refractivity contribution in [1.82, 2.24) is 4.98 Å². The first-order chi connectivity index (χ1) is 10.9. The largest absolute Gasteiger partial charge is 0.449 e. The lowest BCUT2D eigenvalue weighted by atomic mass is 10.2. The third-order valence-corrected chi connectivity index (χ3v) is 3.77. The number of esters is 1. The fourth-order valence-corrected chi connectivity index (χ4v) is 2.40. The van der Waals surface area contributed by atoms with E-state index >= 15 is 0 Å². The van der Waals surface area contributed by atoms with E-state index in [1.54, 1.807) is 18.2 Å². The molecule has 1 unspecified atom stereocenters. The number of nitrogens with one attached hydrogen (secondary N) is 1. The number of halogens is 3. The summed E-state index contributed by atoms with van der Waals surface area (Å²) in [5.41, 5.74) is 0.327. The summed E-state index contributed by atoms with van der Waals surface area (Å²) in [5.74, 6) is -1.35. The number of benzene rings is 1. The Kier molecular flexibility index (Phi) is 5.82. The smallest absolute Gasteiger partial charge is 0.341 e. The minimum atomic E-state index is -1.08. The highest BCUT2D eigenvalue weighted by Crippen LogP contribution is 2.25. The van der Waals surface area contributed by atoms with Gasteiger partial charge in [-0.1, -0.05) is 40.9 Å². The summed E-state index contributed by atoms with van der Waals surface area (Å²) >= 11 is 17.7. The number of carbonyl (C=O) groups is 2. The number of carbonyl (C=O) groups excluding carboxylic acids is 2. The van der Waals surface area contributed by atoms with Gasteiger partial charge in [0.1, 0.15) is 0 Å². The van der Waals surface area contributed by atoms with E-state index in [4.69, 9.17) is 39.5 Å². The van der Waals surface area contributed by atoms with Crippen LogP contribution in [0, 0.1) is 0 Å². The minimum Gasteiger partial charge on any atom is -0.449 e. The molecule has 1 atom stereocenters. The zero-order valence-corrected chi connectivity index (χ0v) is 14.1. The summed E-state index contributed by atoms with van der Waals surface area (Å²) in [4.78, 5) is 28.0. The van der Waals surface area contributed by atoms with Gasteiger partial charge in [-0.15, -0.1) is 0 Å². The van der Waals surface area contributed by atoms with Crippen LogP contribution >= 0.6 is 34.8 Å². The molecule has 1 N–H and O–H groups in total. The molecule has 1 aromatic heterocycles. The number of hydrogen-bond acceptors (Lipinski definition) is 4. The average Bonchev–Trinajstić information content (AvgIpc) is 2.49. The van der Waals surface area contributed by atoms with E-state index in [2.05, 4.69) is 10.3 Å². The highest BCUT2D eigenvalue weighted by atomic mass is 35.5. The molecule has 0 radical (unpaired) electrons. The summed E-state index contributed by atoms with van der Waals surface area (Å²) in [6, 6.07) is 7.80. The van der Waals surface area contributed by atoms with Crippen molar-refractivity contribution in [3.63, 3.8) is 0 Å². The molecule has 5 nitrogen and oxygen atoms in total. The number of amides is 1. The molecule has 1 amide bonds. The summed E-state index contributed by atoms with van der Waals surface area (Å²) < 4.78 is 5.09. The highest BCUT2D eigenvalue weighted by molar-refractivity contribution is 6.39. The second-order valence-electron chi connectivity index (χ2n) is 4.48. The van der Waals surface area contributed by atoms with Crippen molar-refractivity contribution in [3.8, 4) is 0 Å². The molecule has 0 aliphatic carbocycles. The lowest BCUT2D eigenvalue weighted by Gasteiger charge is -2.15. The minimum absolute atomic E-state index is 0.00916. The molecule has 23 heavy (non-hydrogen) atoms. The Labute approximate surface area is 147 Å². The van der Waals surface area contributed by atoms with Gasteiger partial charge in [0.15, 0.2) is 11.3 Å². The molecule has 0 aliphatic heterocycles. The van der Waals surface area contributed by atoms with Gasteiger partial charge in [0.25, 0.3) is 5.91 Å². The van der Waals surface area contributed by atoms with Gasteiger partial charge in [-0.3, -0.25) is 4.79 Å². The van der Waals surface area contributed by atoms with Crippen LogP contribution in [0.1, 0.15) is 17.3 Å². The Morgan fingerprint density at radius 2 is 1.78 bits per heavy atom. The Balaban J connectivity index is 2.06. The summed E-state index contributed by atoms with van der Waals surface area (Å²) in [5, 5.41) is 2.94. The molecule has 0 saturated heterocycles. The fraction of sp³-hybridized carbons (Fsp3) is 0.133. The number of anilines is 1. The molecule has 8 heteroatoms. The van der Waals surface area contributed by atoms with Gasteiger partial charge >= 0.3 is 5.97 Å². The van der Waals surface area contributed by atoms with Crippen LogP contribution in [-0.4, -0.2) is 23.0 Å². The molecule has 120 valence electrons. The van der Waals surface area contributed by atoms with Crippen molar-refractivity contribution in [3.05, 3.63) is 57.3 Å². The van der Waals surface area contributed by atoms with Gasteiger partial charge in [-0.2, -0.15) is 0 Å². The van der Waals surface area contributed by atoms with Crippen molar-refractivity contribution < 1.29 is 14.3 Å². The zero-order chi connectivity index (χ0) is 17.0. The van der Waals surface area contributed by atoms with E-state index in [1.807, 2.05) is 0 Å². The molecular weight excluding hydrogens is 363 g/mol. The van der Waals surface area contributed by atoms with Gasteiger partial charge in [0.05, 0.1) is 21.3 Å². The van der Waals surface area contributed by atoms with Crippen molar-refractivity contribution in [2.24, 2.45) is 0 Å².